The maximum atomic E-state index is 12.5. The second-order valence-electron chi connectivity index (χ2n) is 2.62. The summed E-state index contributed by atoms with van der Waals surface area (Å²) >= 11 is 5.35. The molecule has 2 N–H and O–H groups in total. The standard InChI is InChI=1S/C8H6ClF2NO3/c9-1-3-5(7(10)11)4(13)2-12-6(3)8(14)15/h2,7,13H,1H2,(H,14,15). The molecule has 15 heavy (non-hydrogen) atoms. The summed E-state index contributed by atoms with van der Waals surface area (Å²) in [4.78, 5) is 13.9. The van der Waals surface area contributed by atoms with E-state index in [4.69, 9.17) is 21.8 Å². The molecule has 0 aliphatic heterocycles. The van der Waals surface area contributed by atoms with Crippen LogP contribution in [0.4, 0.5) is 8.78 Å². The molecule has 0 radical (unpaired) electrons. The van der Waals surface area contributed by atoms with Gasteiger partial charge in [0.25, 0.3) is 6.43 Å². The van der Waals surface area contributed by atoms with Crippen LogP contribution < -0.4 is 0 Å². The third-order valence-electron chi connectivity index (χ3n) is 1.76. The number of carboxylic acid groups (broad SMARTS) is 1. The van der Waals surface area contributed by atoms with Gasteiger partial charge < -0.3 is 10.2 Å². The van der Waals surface area contributed by atoms with Crippen molar-refractivity contribution in [1.82, 2.24) is 4.98 Å². The lowest BCUT2D eigenvalue weighted by Crippen LogP contribution is -2.08. The maximum Gasteiger partial charge on any atom is 0.354 e. The molecule has 1 aromatic rings. The largest absolute Gasteiger partial charge is 0.506 e. The summed E-state index contributed by atoms with van der Waals surface area (Å²) in [6.45, 7) is 0. The lowest BCUT2D eigenvalue weighted by Gasteiger charge is -2.10. The molecule has 82 valence electrons. The summed E-state index contributed by atoms with van der Waals surface area (Å²) in [5.74, 6) is -2.68. The first kappa shape index (κ1) is 11.6. The molecular weight excluding hydrogens is 232 g/mol. The highest BCUT2D eigenvalue weighted by Crippen LogP contribution is 2.33. The minimum Gasteiger partial charge on any atom is -0.506 e. The molecule has 0 aliphatic carbocycles. The number of aromatic nitrogens is 1. The Labute approximate surface area is 88.1 Å². The summed E-state index contributed by atoms with van der Waals surface area (Å²) in [6.07, 6.45) is -2.33. The van der Waals surface area contributed by atoms with Gasteiger partial charge in [-0.1, -0.05) is 0 Å². The van der Waals surface area contributed by atoms with Crippen molar-refractivity contribution in [2.45, 2.75) is 12.3 Å². The summed E-state index contributed by atoms with van der Waals surface area (Å²) in [6, 6.07) is 0. The molecule has 0 spiro atoms. The fourth-order valence-electron chi connectivity index (χ4n) is 1.12. The van der Waals surface area contributed by atoms with Gasteiger partial charge in [-0.05, 0) is 0 Å². The van der Waals surface area contributed by atoms with Crippen LogP contribution in [0.25, 0.3) is 0 Å². The van der Waals surface area contributed by atoms with Gasteiger partial charge in [0.15, 0.2) is 5.69 Å². The van der Waals surface area contributed by atoms with Crippen molar-refractivity contribution in [2.24, 2.45) is 0 Å². The van der Waals surface area contributed by atoms with E-state index in [1.165, 1.54) is 0 Å². The molecule has 0 unspecified atom stereocenters. The van der Waals surface area contributed by atoms with Gasteiger partial charge in [0.1, 0.15) is 5.75 Å². The molecule has 7 heteroatoms. The predicted molar refractivity (Wildman–Crippen MR) is 47.4 cm³/mol. The topological polar surface area (TPSA) is 70.4 Å². The zero-order valence-corrected chi connectivity index (χ0v) is 8.00. The highest BCUT2D eigenvalue weighted by molar-refractivity contribution is 6.17. The summed E-state index contributed by atoms with van der Waals surface area (Å²) in [7, 11) is 0. The van der Waals surface area contributed by atoms with Crippen LogP contribution in [-0.4, -0.2) is 21.2 Å². The van der Waals surface area contributed by atoms with E-state index in [2.05, 4.69) is 4.98 Å². The minimum atomic E-state index is -3.00. The van der Waals surface area contributed by atoms with E-state index in [0.29, 0.717) is 6.20 Å². The molecular formula is C8H6ClF2NO3. The molecule has 0 bridgehead atoms. The predicted octanol–water partition coefficient (Wildman–Crippen LogP) is 2.16. The van der Waals surface area contributed by atoms with Gasteiger partial charge >= 0.3 is 5.97 Å². The minimum absolute atomic E-state index is 0.362. The number of aromatic carboxylic acids is 1. The first-order valence-corrected chi connectivity index (χ1v) is 4.30. The van der Waals surface area contributed by atoms with Crippen molar-refractivity contribution < 1.29 is 23.8 Å². The van der Waals surface area contributed by atoms with E-state index < -0.39 is 35.3 Å². The first-order valence-electron chi connectivity index (χ1n) is 3.77. The van der Waals surface area contributed by atoms with Crippen LogP contribution in [0.3, 0.4) is 0 Å². The Hall–Kier alpha value is -1.43. The van der Waals surface area contributed by atoms with Crippen LogP contribution in [-0.2, 0) is 5.88 Å². The van der Waals surface area contributed by atoms with Crippen molar-refractivity contribution in [3.63, 3.8) is 0 Å². The Morgan fingerprint density at radius 1 is 1.60 bits per heavy atom. The lowest BCUT2D eigenvalue weighted by atomic mass is 10.1. The smallest absolute Gasteiger partial charge is 0.354 e. The van der Waals surface area contributed by atoms with Crippen LogP contribution in [0.5, 0.6) is 5.75 Å². The van der Waals surface area contributed by atoms with Crippen molar-refractivity contribution in [3.8, 4) is 5.75 Å². The molecule has 0 saturated heterocycles. The van der Waals surface area contributed by atoms with Gasteiger partial charge in [-0.15, -0.1) is 11.6 Å². The Bertz CT molecular complexity index is 398. The molecule has 0 aliphatic rings. The van der Waals surface area contributed by atoms with E-state index in [-0.39, 0.29) is 5.56 Å². The molecule has 0 saturated carbocycles. The average molecular weight is 238 g/mol. The third-order valence-corrected chi connectivity index (χ3v) is 2.02. The van der Waals surface area contributed by atoms with Crippen molar-refractivity contribution in [3.05, 3.63) is 23.0 Å². The van der Waals surface area contributed by atoms with Crippen LogP contribution >= 0.6 is 11.6 Å². The number of carboxylic acids is 1. The molecule has 0 fully saturated rings. The van der Waals surface area contributed by atoms with Gasteiger partial charge in [0.2, 0.25) is 0 Å². The van der Waals surface area contributed by atoms with E-state index in [1.807, 2.05) is 0 Å². The lowest BCUT2D eigenvalue weighted by molar-refractivity contribution is 0.0688. The number of carbonyl (C=O) groups is 1. The van der Waals surface area contributed by atoms with Gasteiger partial charge in [-0.3, -0.25) is 0 Å². The SMILES string of the molecule is O=C(O)c1ncc(O)c(C(F)F)c1CCl. The first-order chi connectivity index (χ1) is 6.99. The number of hydrogen-bond acceptors (Lipinski definition) is 3. The highest BCUT2D eigenvalue weighted by atomic mass is 35.5. The van der Waals surface area contributed by atoms with Crippen LogP contribution in [0.15, 0.2) is 6.20 Å². The number of hydrogen-bond donors (Lipinski definition) is 2. The molecule has 1 rings (SSSR count). The number of alkyl halides is 3. The summed E-state index contributed by atoms with van der Waals surface area (Å²) in [5, 5.41) is 17.8. The maximum absolute atomic E-state index is 12.5. The zero-order valence-electron chi connectivity index (χ0n) is 7.25. The monoisotopic (exact) mass is 237 g/mol. The Morgan fingerprint density at radius 2 is 2.20 bits per heavy atom. The molecule has 1 aromatic heterocycles. The normalized spacial score (nSPS) is 10.7. The van der Waals surface area contributed by atoms with Crippen LogP contribution in [0.1, 0.15) is 28.0 Å². The van der Waals surface area contributed by atoms with E-state index in [9.17, 15) is 13.6 Å². The summed E-state index contributed by atoms with van der Waals surface area (Å²) in [5.41, 5.74) is -1.71. The van der Waals surface area contributed by atoms with Crippen molar-refractivity contribution in [2.75, 3.05) is 0 Å². The van der Waals surface area contributed by atoms with Crippen LogP contribution in [0.2, 0.25) is 0 Å². The average Bonchev–Trinajstić information content (AvgIpc) is 2.15. The molecule has 1 heterocycles. The highest BCUT2D eigenvalue weighted by Gasteiger charge is 2.24. The third kappa shape index (κ3) is 2.15. The van der Waals surface area contributed by atoms with Crippen molar-refractivity contribution >= 4 is 17.6 Å². The number of rotatable bonds is 3. The molecule has 4 nitrogen and oxygen atoms in total. The van der Waals surface area contributed by atoms with Gasteiger partial charge in [0, 0.05) is 5.56 Å². The van der Waals surface area contributed by atoms with Gasteiger partial charge in [0.05, 0.1) is 17.6 Å². The quantitative estimate of drug-likeness (QED) is 0.791. The van der Waals surface area contributed by atoms with Gasteiger partial charge in [-0.25, -0.2) is 18.6 Å². The number of nitrogens with zero attached hydrogens (tertiary/aromatic N) is 1. The van der Waals surface area contributed by atoms with Crippen molar-refractivity contribution in [1.29, 1.82) is 0 Å². The Balaban J connectivity index is 3.47. The molecule has 0 aromatic carbocycles. The second kappa shape index (κ2) is 4.39. The fourth-order valence-corrected chi connectivity index (χ4v) is 1.39. The molecule has 0 amide bonds. The van der Waals surface area contributed by atoms with E-state index in [1.54, 1.807) is 0 Å². The second-order valence-corrected chi connectivity index (χ2v) is 2.89. The molecule has 0 atom stereocenters. The number of halogens is 3. The van der Waals surface area contributed by atoms with Gasteiger partial charge in [-0.2, -0.15) is 0 Å². The Morgan fingerprint density at radius 3 is 2.60 bits per heavy atom. The van der Waals surface area contributed by atoms with Crippen LogP contribution in [0, 0.1) is 0 Å². The Kier molecular flexibility index (Phi) is 3.41. The summed E-state index contributed by atoms with van der Waals surface area (Å²) < 4.78 is 25.0. The van der Waals surface area contributed by atoms with E-state index >= 15 is 0 Å². The van der Waals surface area contributed by atoms with E-state index in [0.717, 1.165) is 0 Å². The fraction of sp³-hybridized carbons (Fsp3) is 0.250. The number of aromatic hydroxyl groups is 1. The number of pyridine rings is 1. The zero-order chi connectivity index (χ0) is 11.6.